The van der Waals surface area contributed by atoms with E-state index in [-0.39, 0.29) is 11.4 Å². The summed E-state index contributed by atoms with van der Waals surface area (Å²) in [5, 5.41) is 9.24. The molecule has 0 aliphatic rings. The number of halogens is 4. The van der Waals surface area contributed by atoms with Crippen molar-refractivity contribution in [3.05, 3.63) is 11.8 Å². The molecule has 0 fully saturated rings. The fraction of sp³-hybridized carbons (Fsp3) is 0.375. The largest absolute Gasteiger partial charge is 0.574 e. The molecule has 0 aromatic carbocycles. The van der Waals surface area contributed by atoms with E-state index in [9.17, 15) is 22.7 Å². The molecule has 90 valence electrons. The van der Waals surface area contributed by atoms with Crippen LogP contribution < -0.4 is 9.47 Å². The molecule has 0 saturated carbocycles. The molecule has 0 aliphatic heterocycles. The van der Waals surface area contributed by atoms with Gasteiger partial charge in [0.05, 0.1) is 12.8 Å². The molecule has 0 bridgehead atoms. The van der Waals surface area contributed by atoms with E-state index in [1.165, 1.54) is 0 Å². The van der Waals surface area contributed by atoms with Crippen LogP contribution in [0.5, 0.6) is 17.4 Å². The summed E-state index contributed by atoms with van der Waals surface area (Å²) >= 11 is 0. The van der Waals surface area contributed by atoms with Crippen LogP contribution in [0.4, 0.5) is 17.6 Å². The van der Waals surface area contributed by atoms with Crippen molar-refractivity contribution in [3.63, 3.8) is 0 Å². The predicted molar refractivity (Wildman–Crippen MR) is 43.9 cm³/mol. The molecule has 1 aromatic heterocycles. The van der Waals surface area contributed by atoms with Gasteiger partial charge in [-0.2, -0.15) is 0 Å². The van der Waals surface area contributed by atoms with E-state index >= 15 is 0 Å². The molecular weight excluding hydrogens is 234 g/mol. The Morgan fingerprint density at radius 3 is 2.50 bits per heavy atom. The predicted octanol–water partition coefficient (Wildman–Crippen LogP) is 2.16. The van der Waals surface area contributed by atoms with E-state index in [0.717, 1.165) is 13.2 Å². The van der Waals surface area contributed by atoms with Gasteiger partial charge >= 0.3 is 6.36 Å². The van der Waals surface area contributed by atoms with Gasteiger partial charge in [-0.3, -0.25) is 0 Å². The first-order valence-electron chi connectivity index (χ1n) is 3.96. The van der Waals surface area contributed by atoms with Crippen LogP contribution in [0.3, 0.4) is 0 Å². The summed E-state index contributed by atoms with van der Waals surface area (Å²) < 4.78 is 55.9. The fourth-order valence-corrected chi connectivity index (χ4v) is 0.946. The number of nitrogens with zero attached hydrogens (tertiary/aromatic N) is 1. The second-order valence-corrected chi connectivity index (χ2v) is 2.65. The van der Waals surface area contributed by atoms with Crippen molar-refractivity contribution >= 4 is 0 Å². The molecule has 0 amide bonds. The van der Waals surface area contributed by atoms with Gasteiger partial charge in [0.1, 0.15) is 6.67 Å². The number of aromatic hydroxyl groups is 1. The molecule has 0 saturated heterocycles. The van der Waals surface area contributed by atoms with Crippen LogP contribution in [0, 0.1) is 0 Å². The summed E-state index contributed by atoms with van der Waals surface area (Å²) in [6.07, 6.45) is -5.02. The fourth-order valence-electron chi connectivity index (χ4n) is 0.946. The number of pyridine rings is 1. The third kappa shape index (κ3) is 2.88. The van der Waals surface area contributed by atoms with Gasteiger partial charge in [0, 0.05) is 6.07 Å². The summed E-state index contributed by atoms with van der Waals surface area (Å²) in [4.78, 5) is 3.14. The first-order chi connectivity index (χ1) is 7.37. The molecule has 0 unspecified atom stereocenters. The van der Waals surface area contributed by atoms with Crippen LogP contribution in [-0.4, -0.2) is 23.6 Å². The maximum absolute atomic E-state index is 12.2. The van der Waals surface area contributed by atoms with Gasteiger partial charge in [0.2, 0.25) is 5.75 Å². The number of ether oxygens (including phenoxy) is 2. The smallest absolute Gasteiger partial charge is 0.501 e. The van der Waals surface area contributed by atoms with E-state index in [1.54, 1.807) is 0 Å². The second kappa shape index (κ2) is 4.42. The molecule has 1 rings (SSSR count). The molecule has 1 aromatic rings. The number of aromatic nitrogens is 1. The number of hydrogen-bond acceptors (Lipinski definition) is 4. The van der Waals surface area contributed by atoms with Crippen LogP contribution >= 0.6 is 0 Å². The standard InChI is InChI=1S/C8H7F4NO3/c1-15-5-2-4(3-9)13-7(6(5)14)16-8(10,11)12/h2,14H,3H2,1H3. The van der Waals surface area contributed by atoms with Gasteiger partial charge in [-0.05, 0) is 0 Å². The van der Waals surface area contributed by atoms with Crippen LogP contribution in [0.2, 0.25) is 0 Å². The lowest BCUT2D eigenvalue weighted by Crippen LogP contribution is -2.18. The molecule has 8 heteroatoms. The molecule has 0 atom stereocenters. The molecular formula is C8H7F4NO3. The van der Waals surface area contributed by atoms with Crippen molar-refractivity contribution in [2.24, 2.45) is 0 Å². The Bertz CT molecular complexity index is 380. The Balaban J connectivity index is 3.16. The minimum absolute atomic E-state index is 0.339. The van der Waals surface area contributed by atoms with Gasteiger partial charge in [0.25, 0.3) is 5.88 Å². The normalized spacial score (nSPS) is 11.3. The van der Waals surface area contributed by atoms with Gasteiger partial charge in [-0.25, -0.2) is 9.37 Å². The molecule has 0 aliphatic carbocycles. The minimum Gasteiger partial charge on any atom is -0.501 e. The minimum atomic E-state index is -5.02. The highest BCUT2D eigenvalue weighted by atomic mass is 19.4. The Labute approximate surface area is 87.4 Å². The average molecular weight is 241 g/mol. The summed E-state index contributed by atoms with van der Waals surface area (Å²) in [6, 6.07) is 0.971. The lowest BCUT2D eigenvalue weighted by molar-refractivity contribution is -0.276. The molecule has 4 nitrogen and oxygen atoms in total. The topological polar surface area (TPSA) is 51.6 Å². The zero-order valence-corrected chi connectivity index (χ0v) is 8.01. The third-order valence-electron chi connectivity index (χ3n) is 1.55. The van der Waals surface area contributed by atoms with Gasteiger partial charge < -0.3 is 14.6 Å². The maximum atomic E-state index is 12.2. The number of rotatable bonds is 3. The first kappa shape index (κ1) is 12.3. The lowest BCUT2D eigenvalue weighted by atomic mass is 10.3. The highest BCUT2D eigenvalue weighted by Gasteiger charge is 2.34. The average Bonchev–Trinajstić information content (AvgIpc) is 2.19. The third-order valence-corrected chi connectivity index (χ3v) is 1.55. The summed E-state index contributed by atoms with van der Waals surface area (Å²) in [5.74, 6) is -2.42. The lowest BCUT2D eigenvalue weighted by Gasteiger charge is -2.12. The second-order valence-electron chi connectivity index (χ2n) is 2.65. The summed E-state index contributed by atoms with van der Waals surface area (Å²) in [5.41, 5.74) is -0.339. The van der Waals surface area contributed by atoms with Crippen molar-refractivity contribution in [3.8, 4) is 17.4 Å². The van der Waals surface area contributed by atoms with E-state index in [0.29, 0.717) is 0 Å². The van der Waals surface area contributed by atoms with Crippen molar-refractivity contribution < 1.29 is 32.1 Å². The van der Waals surface area contributed by atoms with E-state index < -0.39 is 24.7 Å². The van der Waals surface area contributed by atoms with E-state index in [1.807, 2.05) is 0 Å². The molecule has 16 heavy (non-hydrogen) atoms. The Morgan fingerprint density at radius 2 is 2.06 bits per heavy atom. The van der Waals surface area contributed by atoms with E-state index in [4.69, 9.17) is 0 Å². The van der Waals surface area contributed by atoms with Crippen molar-refractivity contribution in [2.45, 2.75) is 13.0 Å². The summed E-state index contributed by atoms with van der Waals surface area (Å²) in [7, 11) is 1.11. The Kier molecular flexibility index (Phi) is 3.41. The monoisotopic (exact) mass is 241 g/mol. The highest BCUT2D eigenvalue weighted by molar-refractivity contribution is 5.47. The number of alkyl halides is 4. The molecule has 0 spiro atoms. The van der Waals surface area contributed by atoms with Gasteiger partial charge in [-0.15, -0.1) is 13.2 Å². The van der Waals surface area contributed by atoms with Gasteiger partial charge in [-0.1, -0.05) is 0 Å². The highest BCUT2D eigenvalue weighted by Crippen LogP contribution is 2.37. The van der Waals surface area contributed by atoms with Crippen LogP contribution in [-0.2, 0) is 6.67 Å². The van der Waals surface area contributed by atoms with E-state index in [2.05, 4.69) is 14.5 Å². The molecule has 1 heterocycles. The first-order valence-corrected chi connectivity index (χ1v) is 3.96. The van der Waals surface area contributed by atoms with Gasteiger partial charge in [0.15, 0.2) is 5.75 Å². The molecule has 0 radical (unpaired) electrons. The zero-order chi connectivity index (χ0) is 12.3. The Morgan fingerprint density at radius 1 is 1.44 bits per heavy atom. The quantitative estimate of drug-likeness (QED) is 0.824. The van der Waals surface area contributed by atoms with Crippen LogP contribution in [0.15, 0.2) is 6.07 Å². The number of hydrogen-bond donors (Lipinski definition) is 1. The Hall–Kier alpha value is -1.73. The van der Waals surface area contributed by atoms with Crippen molar-refractivity contribution in [1.82, 2.24) is 4.98 Å². The van der Waals surface area contributed by atoms with Crippen molar-refractivity contribution in [2.75, 3.05) is 7.11 Å². The summed E-state index contributed by atoms with van der Waals surface area (Å²) in [6.45, 7) is -1.11. The maximum Gasteiger partial charge on any atom is 0.574 e. The zero-order valence-electron chi connectivity index (χ0n) is 8.01. The number of methoxy groups -OCH3 is 1. The van der Waals surface area contributed by atoms with Crippen LogP contribution in [0.1, 0.15) is 5.69 Å². The SMILES string of the molecule is COc1cc(CF)nc(OC(F)(F)F)c1O. The van der Waals surface area contributed by atoms with Crippen molar-refractivity contribution in [1.29, 1.82) is 0 Å². The molecule has 1 N–H and O–H groups in total. The van der Waals surface area contributed by atoms with Crippen LogP contribution in [0.25, 0.3) is 0 Å².